The Morgan fingerprint density at radius 3 is 2.41 bits per heavy atom. The van der Waals surface area contributed by atoms with Crippen molar-refractivity contribution in [3.63, 3.8) is 0 Å². The molecule has 2 atom stereocenters. The topological polar surface area (TPSA) is 70.1 Å². The highest BCUT2D eigenvalue weighted by molar-refractivity contribution is 5.80. The number of likely N-dealkylation sites (tertiary alicyclic amines) is 1. The van der Waals surface area contributed by atoms with Crippen molar-refractivity contribution in [2.45, 2.75) is 32.0 Å². The van der Waals surface area contributed by atoms with Crippen LogP contribution in [0.4, 0.5) is 4.79 Å². The van der Waals surface area contributed by atoms with E-state index < -0.39 is 5.97 Å². The number of carboxylic acids is 1. The molecule has 2 heterocycles. The van der Waals surface area contributed by atoms with E-state index >= 15 is 0 Å². The standard InChI is InChI=1S/C11H18N2O4/c1-2-12(7-10(14)15)11(16)13-5-8-3-4-9(6-13)17-8/h8-9H,2-7H2,1H3,(H,14,15). The normalized spacial score (nSPS) is 27.0. The van der Waals surface area contributed by atoms with Gasteiger partial charge in [0.2, 0.25) is 0 Å². The maximum atomic E-state index is 12.1. The molecule has 2 bridgehead atoms. The number of morpholine rings is 1. The molecular weight excluding hydrogens is 224 g/mol. The van der Waals surface area contributed by atoms with E-state index in [1.807, 2.05) is 0 Å². The molecule has 2 unspecified atom stereocenters. The molecular formula is C11H18N2O4. The molecule has 2 fully saturated rings. The number of carbonyl (C=O) groups excluding carboxylic acids is 1. The molecule has 0 spiro atoms. The van der Waals surface area contributed by atoms with Gasteiger partial charge in [0.15, 0.2) is 0 Å². The van der Waals surface area contributed by atoms with Crippen LogP contribution in [0.5, 0.6) is 0 Å². The molecule has 2 amide bonds. The third kappa shape index (κ3) is 2.69. The molecule has 0 saturated carbocycles. The fourth-order valence-corrected chi connectivity index (χ4v) is 2.45. The number of fused-ring (bicyclic) bond motifs is 2. The third-order valence-corrected chi connectivity index (χ3v) is 3.29. The lowest BCUT2D eigenvalue weighted by atomic mass is 10.2. The molecule has 0 aromatic carbocycles. The minimum atomic E-state index is -0.976. The van der Waals surface area contributed by atoms with Gasteiger partial charge in [0, 0.05) is 19.6 Å². The van der Waals surface area contributed by atoms with Crippen molar-refractivity contribution < 1.29 is 19.4 Å². The van der Waals surface area contributed by atoms with Gasteiger partial charge in [-0.2, -0.15) is 0 Å². The summed E-state index contributed by atoms with van der Waals surface area (Å²) in [6.45, 7) is 3.15. The summed E-state index contributed by atoms with van der Waals surface area (Å²) in [5, 5.41) is 8.74. The summed E-state index contributed by atoms with van der Waals surface area (Å²) in [4.78, 5) is 25.9. The SMILES string of the molecule is CCN(CC(=O)O)C(=O)N1CC2CCC(C1)O2. The summed E-state index contributed by atoms with van der Waals surface area (Å²) in [6.07, 6.45) is 2.28. The second kappa shape index (κ2) is 4.91. The van der Waals surface area contributed by atoms with Crippen molar-refractivity contribution in [1.29, 1.82) is 0 Å². The van der Waals surface area contributed by atoms with Crippen molar-refractivity contribution in [3.05, 3.63) is 0 Å². The molecule has 0 radical (unpaired) electrons. The molecule has 2 saturated heterocycles. The molecule has 6 heteroatoms. The van der Waals surface area contributed by atoms with Crippen molar-refractivity contribution >= 4 is 12.0 Å². The van der Waals surface area contributed by atoms with E-state index in [0.29, 0.717) is 19.6 Å². The second-order valence-corrected chi connectivity index (χ2v) is 4.55. The van der Waals surface area contributed by atoms with Gasteiger partial charge < -0.3 is 19.6 Å². The Morgan fingerprint density at radius 2 is 1.94 bits per heavy atom. The Bertz CT molecular complexity index is 309. The quantitative estimate of drug-likeness (QED) is 0.776. The average molecular weight is 242 g/mol. The van der Waals surface area contributed by atoms with E-state index in [0.717, 1.165) is 12.8 Å². The highest BCUT2D eigenvalue weighted by Crippen LogP contribution is 2.26. The predicted molar refractivity (Wildman–Crippen MR) is 59.7 cm³/mol. The summed E-state index contributed by atoms with van der Waals surface area (Å²) in [6, 6.07) is -0.185. The van der Waals surface area contributed by atoms with Crippen molar-refractivity contribution in [2.75, 3.05) is 26.2 Å². The van der Waals surface area contributed by atoms with E-state index in [-0.39, 0.29) is 24.8 Å². The van der Waals surface area contributed by atoms with E-state index in [9.17, 15) is 9.59 Å². The first kappa shape index (κ1) is 12.2. The molecule has 96 valence electrons. The second-order valence-electron chi connectivity index (χ2n) is 4.55. The predicted octanol–water partition coefficient (Wildman–Crippen LogP) is 0.376. The zero-order chi connectivity index (χ0) is 12.4. The van der Waals surface area contributed by atoms with Crippen LogP contribution in [0.2, 0.25) is 0 Å². The van der Waals surface area contributed by atoms with Crippen molar-refractivity contribution in [2.24, 2.45) is 0 Å². The number of urea groups is 1. The van der Waals surface area contributed by atoms with Crippen LogP contribution in [-0.4, -0.2) is 65.3 Å². The highest BCUT2D eigenvalue weighted by atomic mass is 16.5. The molecule has 0 aromatic heterocycles. The minimum Gasteiger partial charge on any atom is -0.480 e. The number of aliphatic carboxylic acids is 1. The monoisotopic (exact) mass is 242 g/mol. The van der Waals surface area contributed by atoms with Crippen LogP contribution in [0.1, 0.15) is 19.8 Å². The molecule has 0 aromatic rings. The molecule has 17 heavy (non-hydrogen) atoms. The Balaban J connectivity index is 1.96. The number of likely N-dealkylation sites (N-methyl/N-ethyl adjacent to an activating group) is 1. The molecule has 2 rings (SSSR count). The third-order valence-electron chi connectivity index (χ3n) is 3.29. The number of hydrogen-bond acceptors (Lipinski definition) is 3. The molecule has 2 aliphatic rings. The zero-order valence-electron chi connectivity index (χ0n) is 9.96. The first-order chi connectivity index (χ1) is 8.10. The fraction of sp³-hybridized carbons (Fsp3) is 0.818. The number of nitrogens with zero attached hydrogens (tertiary/aromatic N) is 2. The van der Waals surface area contributed by atoms with Crippen LogP contribution < -0.4 is 0 Å². The summed E-state index contributed by atoms with van der Waals surface area (Å²) in [7, 11) is 0. The van der Waals surface area contributed by atoms with Crippen LogP contribution >= 0.6 is 0 Å². The van der Waals surface area contributed by atoms with Gasteiger partial charge in [-0.15, -0.1) is 0 Å². The Hall–Kier alpha value is -1.30. The van der Waals surface area contributed by atoms with Gasteiger partial charge in [-0.25, -0.2) is 4.79 Å². The van der Waals surface area contributed by atoms with E-state index in [1.165, 1.54) is 4.90 Å². The lowest BCUT2D eigenvalue weighted by Crippen LogP contribution is -2.52. The maximum absolute atomic E-state index is 12.1. The summed E-state index contributed by atoms with van der Waals surface area (Å²) < 4.78 is 5.64. The minimum absolute atomic E-state index is 0.140. The molecule has 2 aliphatic heterocycles. The van der Waals surface area contributed by atoms with Crippen LogP contribution in [0.3, 0.4) is 0 Å². The number of carboxylic acid groups (broad SMARTS) is 1. The van der Waals surface area contributed by atoms with Crippen molar-refractivity contribution in [1.82, 2.24) is 9.80 Å². The number of hydrogen-bond donors (Lipinski definition) is 1. The summed E-state index contributed by atoms with van der Waals surface area (Å²) in [5.74, 6) is -0.976. The van der Waals surface area contributed by atoms with Gasteiger partial charge in [-0.3, -0.25) is 4.79 Å². The van der Waals surface area contributed by atoms with Crippen LogP contribution in [0.15, 0.2) is 0 Å². The van der Waals surface area contributed by atoms with Gasteiger partial charge in [-0.1, -0.05) is 0 Å². The smallest absolute Gasteiger partial charge is 0.323 e. The van der Waals surface area contributed by atoms with E-state index in [1.54, 1.807) is 11.8 Å². The van der Waals surface area contributed by atoms with Crippen molar-refractivity contribution in [3.8, 4) is 0 Å². The number of ether oxygens (including phenoxy) is 1. The number of amides is 2. The molecule has 6 nitrogen and oxygen atoms in total. The average Bonchev–Trinajstić information content (AvgIpc) is 2.64. The van der Waals surface area contributed by atoms with E-state index in [4.69, 9.17) is 9.84 Å². The van der Waals surface area contributed by atoms with Gasteiger partial charge in [0.25, 0.3) is 0 Å². The number of rotatable bonds is 3. The number of carbonyl (C=O) groups is 2. The summed E-state index contributed by atoms with van der Waals surface area (Å²) in [5.41, 5.74) is 0. The molecule has 1 N–H and O–H groups in total. The Labute approximate surface area is 100 Å². The molecule has 0 aliphatic carbocycles. The van der Waals surface area contributed by atoms with E-state index in [2.05, 4.69) is 0 Å². The van der Waals surface area contributed by atoms with Gasteiger partial charge in [0.1, 0.15) is 6.54 Å². The fourth-order valence-electron chi connectivity index (χ4n) is 2.45. The first-order valence-electron chi connectivity index (χ1n) is 6.01. The zero-order valence-corrected chi connectivity index (χ0v) is 9.96. The lowest BCUT2D eigenvalue weighted by Gasteiger charge is -2.35. The lowest BCUT2D eigenvalue weighted by molar-refractivity contribution is -0.137. The Morgan fingerprint density at radius 1 is 1.35 bits per heavy atom. The van der Waals surface area contributed by atoms with Crippen LogP contribution in [-0.2, 0) is 9.53 Å². The van der Waals surface area contributed by atoms with Crippen LogP contribution in [0, 0.1) is 0 Å². The first-order valence-corrected chi connectivity index (χ1v) is 6.01. The Kier molecular flexibility index (Phi) is 3.51. The highest BCUT2D eigenvalue weighted by Gasteiger charge is 2.37. The van der Waals surface area contributed by atoms with Gasteiger partial charge >= 0.3 is 12.0 Å². The summed E-state index contributed by atoms with van der Waals surface area (Å²) >= 11 is 0. The van der Waals surface area contributed by atoms with Gasteiger partial charge in [-0.05, 0) is 19.8 Å². The van der Waals surface area contributed by atoms with Gasteiger partial charge in [0.05, 0.1) is 12.2 Å². The van der Waals surface area contributed by atoms with Crippen LogP contribution in [0.25, 0.3) is 0 Å². The largest absolute Gasteiger partial charge is 0.480 e. The maximum Gasteiger partial charge on any atom is 0.323 e.